The number of nitrogens with one attached hydrogen (secondary N) is 1. The Morgan fingerprint density at radius 2 is 2.06 bits per heavy atom. The lowest BCUT2D eigenvalue weighted by Gasteiger charge is -2.08. The molecule has 16 heavy (non-hydrogen) atoms. The molecule has 9 heteroatoms. The average molecular weight is 259 g/mol. The van der Waals surface area contributed by atoms with Gasteiger partial charge in [-0.05, 0) is 0 Å². The standard InChI is InChI=1S/C7H6ClF3N2O3/c8-4-3-13(6(15)12-5(4)14)1-2-16-7(9,10)11/h3H,1-2H2,(H,12,14,15). The van der Waals surface area contributed by atoms with Gasteiger partial charge in [-0.2, -0.15) is 0 Å². The summed E-state index contributed by atoms with van der Waals surface area (Å²) < 4.78 is 39.1. The SMILES string of the molecule is O=c1[nH]c(=O)n(CCOC(F)(F)F)cc1Cl. The normalized spacial score (nSPS) is 11.8. The molecule has 0 aliphatic rings. The summed E-state index contributed by atoms with van der Waals surface area (Å²) in [5.74, 6) is 0. The summed E-state index contributed by atoms with van der Waals surface area (Å²) in [4.78, 5) is 23.7. The maximum absolute atomic E-state index is 11.6. The number of aromatic amines is 1. The molecule has 0 aromatic carbocycles. The van der Waals surface area contributed by atoms with Crippen LogP contribution in [0.25, 0.3) is 0 Å². The summed E-state index contributed by atoms with van der Waals surface area (Å²) in [6.45, 7) is -1.11. The van der Waals surface area contributed by atoms with Crippen LogP contribution in [0.3, 0.4) is 0 Å². The molecule has 1 aromatic rings. The van der Waals surface area contributed by atoms with Crippen molar-refractivity contribution in [2.24, 2.45) is 0 Å². The van der Waals surface area contributed by atoms with Crippen LogP contribution in [0.1, 0.15) is 0 Å². The summed E-state index contributed by atoms with van der Waals surface area (Å²) in [6, 6.07) is 0. The van der Waals surface area contributed by atoms with Crippen LogP contribution >= 0.6 is 11.6 Å². The Hall–Kier alpha value is -1.28. The van der Waals surface area contributed by atoms with Gasteiger partial charge in [0, 0.05) is 6.20 Å². The van der Waals surface area contributed by atoms with Crippen molar-refractivity contribution >= 4 is 11.6 Å². The summed E-state index contributed by atoms with van der Waals surface area (Å²) in [6.07, 6.45) is -3.81. The first-order valence-electron chi connectivity index (χ1n) is 3.99. The van der Waals surface area contributed by atoms with Gasteiger partial charge in [-0.15, -0.1) is 13.2 Å². The predicted molar refractivity (Wildman–Crippen MR) is 48.3 cm³/mol. The number of hydrogen-bond acceptors (Lipinski definition) is 3. The van der Waals surface area contributed by atoms with E-state index in [0.717, 1.165) is 10.8 Å². The van der Waals surface area contributed by atoms with Crippen LogP contribution in [0.15, 0.2) is 15.8 Å². The molecule has 1 aromatic heterocycles. The Morgan fingerprint density at radius 1 is 1.44 bits per heavy atom. The van der Waals surface area contributed by atoms with E-state index in [2.05, 4.69) is 4.74 Å². The lowest BCUT2D eigenvalue weighted by Crippen LogP contribution is -2.31. The van der Waals surface area contributed by atoms with Crippen LogP contribution in [0.4, 0.5) is 13.2 Å². The van der Waals surface area contributed by atoms with Crippen LogP contribution in [-0.4, -0.2) is 22.5 Å². The van der Waals surface area contributed by atoms with Gasteiger partial charge in [-0.25, -0.2) is 4.79 Å². The second-order valence-electron chi connectivity index (χ2n) is 2.72. The molecule has 0 aliphatic carbocycles. The van der Waals surface area contributed by atoms with Crippen molar-refractivity contribution in [1.29, 1.82) is 0 Å². The molecule has 0 atom stereocenters. The number of alkyl halides is 3. The molecule has 90 valence electrons. The van der Waals surface area contributed by atoms with Crippen LogP contribution in [0, 0.1) is 0 Å². The third-order valence-electron chi connectivity index (χ3n) is 1.57. The van der Waals surface area contributed by atoms with Crippen molar-refractivity contribution in [3.63, 3.8) is 0 Å². The minimum atomic E-state index is -4.75. The molecule has 0 aliphatic heterocycles. The average Bonchev–Trinajstić information content (AvgIpc) is 2.11. The van der Waals surface area contributed by atoms with Crippen LogP contribution in [0.5, 0.6) is 0 Å². The lowest BCUT2D eigenvalue weighted by atomic mass is 10.6. The molecular weight excluding hydrogens is 253 g/mol. The first-order chi connectivity index (χ1) is 7.29. The van der Waals surface area contributed by atoms with Crippen molar-refractivity contribution < 1.29 is 17.9 Å². The molecule has 5 nitrogen and oxygen atoms in total. The van der Waals surface area contributed by atoms with Crippen LogP contribution < -0.4 is 11.2 Å². The molecule has 1 rings (SSSR count). The zero-order valence-electron chi connectivity index (χ0n) is 7.68. The zero-order chi connectivity index (χ0) is 12.3. The number of halogens is 4. The number of nitrogens with zero attached hydrogens (tertiary/aromatic N) is 1. The number of H-pyrrole nitrogens is 1. The maximum atomic E-state index is 11.6. The summed E-state index contributed by atoms with van der Waals surface area (Å²) in [5.41, 5.74) is -1.64. The fraction of sp³-hybridized carbons (Fsp3) is 0.429. The van der Waals surface area contributed by atoms with Crippen molar-refractivity contribution in [1.82, 2.24) is 9.55 Å². The smallest absolute Gasteiger partial charge is 0.297 e. The van der Waals surface area contributed by atoms with Crippen LogP contribution in [0.2, 0.25) is 5.02 Å². The van der Waals surface area contributed by atoms with E-state index < -0.39 is 24.2 Å². The third kappa shape index (κ3) is 3.70. The third-order valence-corrected chi connectivity index (χ3v) is 1.83. The minimum absolute atomic E-state index is 0.286. The van der Waals surface area contributed by atoms with Crippen molar-refractivity contribution in [3.05, 3.63) is 32.1 Å². The Bertz CT molecular complexity index is 479. The molecule has 1 N–H and O–H groups in total. The van der Waals surface area contributed by atoms with E-state index in [9.17, 15) is 22.8 Å². The highest BCUT2D eigenvalue weighted by Gasteiger charge is 2.28. The van der Waals surface area contributed by atoms with Gasteiger partial charge in [0.1, 0.15) is 5.02 Å². The summed E-state index contributed by atoms with van der Waals surface area (Å²) >= 11 is 5.39. The predicted octanol–water partition coefficient (Wildman–Crippen LogP) is 0.726. The van der Waals surface area contributed by atoms with E-state index in [1.807, 2.05) is 4.98 Å². The first-order valence-corrected chi connectivity index (χ1v) is 4.37. The maximum Gasteiger partial charge on any atom is 0.522 e. The topological polar surface area (TPSA) is 64.1 Å². The highest BCUT2D eigenvalue weighted by atomic mass is 35.5. The van der Waals surface area contributed by atoms with Gasteiger partial charge >= 0.3 is 12.1 Å². The number of ether oxygens (including phenoxy) is 1. The monoisotopic (exact) mass is 258 g/mol. The van der Waals surface area contributed by atoms with E-state index in [1.165, 1.54) is 0 Å². The van der Waals surface area contributed by atoms with Gasteiger partial charge in [0.2, 0.25) is 0 Å². The highest BCUT2D eigenvalue weighted by molar-refractivity contribution is 6.30. The Morgan fingerprint density at radius 3 is 2.62 bits per heavy atom. The van der Waals surface area contributed by atoms with Crippen molar-refractivity contribution in [2.45, 2.75) is 12.9 Å². The summed E-state index contributed by atoms with van der Waals surface area (Å²) in [5, 5.41) is -0.286. The molecule has 0 fully saturated rings. The van der Waals surface area contributed by atoms with Gasteiger partial charge in [0.15, 0.2) is 0 Å². The largest absolute Gasteiger partial charge is 0.522 e. The van der Waals surface area contributed by atoms with E-state index in [4.69, 9.17) is 11.6 Å². The van der Waals surface area contributed by atoms with Gasteiger partial charge in [-0.3, -0.25) is 19.1 Å². The molecular formula is C7H6ClF3N2O3. The highest BCUT2D eigenvalue weighted by Crippen LogP contribution is 2.15. The molecule has 0 saturated carbocycles. The first kappa shape index (κ1) is 12.8. The van der Waals surface area contributed by atoms with Gasteiger partial charge < -0.3 is 0 Å². The summed E-state index contributed by atoms with van der Waals surface area (Å²) in [7, 11) is 0. The quantitative estimate of drug-likeness (QED) is 0.869. The Balaban J connectivity index is 2.72. The molecule has 0 radical (unpaired) electrons. The van der Waals surface area contributed by atoms with E-state index in [1.54, 1.807) is 0 Å². The van der Waals surface area contributed by atoms with Crippen LogP contribution in [-0.2, 0) is 11.3 Å². The molecule has 0 spiro atoms. The Labute approximate surface area is 91.4 Å². The second-order valence-corrected chi connectivity index (χ2v) is 3.13. The molecule has 0 unspecified atom stereocenters. The molecule has 0 amide bonds. The van der Waals surface area contributed by atoms with E-state index >= 15 is 0 Å². The van der Waals surface area contributed by atoms with E-state index in [-0.39, 0.29) is 11.6 Å². The lowest BCUT2D eigenvalue weighted by molar-refractivity contribution is -0.325. The number of hydrogen-bond donors (Lipinski definition) is 1. The van der Waals surface area contributed by atoms with Crippen molar-refractivity contribution in [3.8, 4) is 0 Å². The van der Waals surface area contributed by atoms with E-state index in [0.29, 0.717) is 0 Å². The van der Waals surface area contributed by atoms with Gasteiger partial charge in [0.25, 0.3) is 5.56 Å². The fourth-order valence-corrected chi connectivity index (χ4v) is 1.07. The molecule has 0 bridgehead atoms. The fourth-order valence-electron chi connectivity index (χ4n) is 0.909. The van der Waals surface area contributed by atoms with Gasteiger partial charge in [0.05, 0.1) is 13.2 Å². The van der Waals surface area contributed by atoms with Crippen molar-refractivity contribution in [2.75, 3.05) is 6.61 Å². The Kier molecular flexibility index (Phi) is 3.76. The molecule has 1 heterocycles. The molecule has 0 saturated heterocycles. The minimum Gasteiger partial charge on any atom is -0.297 e. The number of aromatic nitrogens is 2. The number of rotatable bonds is 3. The van der Waals surface area contributed by atoms with Gasteiger partial charge in [-0.1, -0.05) is 11.6 Å². The second kappa shape index (κ2) is 4.71. The zero-order valence-corrected chi connectivity index (χ0v) is 8.43.